The molecule has 1 aliphatic rings. The van der Waals surface area contributed by atoms with E-state index in [1.165, 1.54) is 0 Å². The summed E-state index contributed by atoms with van der Waals surface area (Å²) >= 11 is 0. The van der Waals surface area contributed by atoms with Crippen LogP contribution in [-0.2, 0) is 9.53 Å². The van der Waals surface area contributed by atoms with Crippen LogP contribution >= 0.6 is 0 Å². The van der Waals surface area contributed by atoms with Gasteiger partial charge in [0.2, 0.25) is 5.91 Å². The Kier molecular flexibility index (Phi) is 7.06. The molecule has 0 saturated carbocycles. The first kappa shape index (κ1) is 18.3. The van der Waals surface area contributed by atoms with Crippen molar-refractivity contribution in [3.63, 3.8) is 0 Å². The van der Waals surface area contributed by atoms with Crippen LogP contribution in [-0.4, -0.2) is 67.6 Å². The van der Waals surface area contributed by atoms with Gasteiger partial charge in [0.05, 0.1) is 12.2 Å². The molecule has 6 nitrogen and oxygen atoms in total. The third-order valence-electron chi connectivity index (χ3n) is 4.24. The van der Waals surface area contributed by atoms with E-state index in [9.17, 15) is 9.59 Å². The van der Waals surface area contributed by atoms with Gasteiger partial charge in [-0.15, -0.1) is 0 Å². The molecule has 0 aliphatic carbocycles. The molecule has 132 valence electrons. The van der Waals surface area contributed by atoms with Crippen molar-refractivity contribution in [1.82, 2.24) is 9.80 Å². The standard InChI is InChI=1S/C18H27N3O3/c1-3-20-11-13-21(14-12-20)17(22)9-10-19-16-7-5-15(6-8-16)18(23)24-4-2/h5-8,19H,3-4,9-14H2,1-2H3. The van der Waals surface area contributed by atoms with Gasteiger partial charge in [0.25, 0.3) is 0 Å². The fourth-order valence-corrected chi connectivity index (χ4v) is 2.72. The third-order valence-corrected chi connectivity index (χ3v) is 4.24. The van der Waals surface area contributed by atoms with Crippen LogP contribution in [0.3, 0.4) is 0 Å². The summed E-state index contributed by atoms with van der Waals surface area (Å²) < 4.78 is 4.95. The molecule has 1 aromatic carbocycles. The average Bonchev–Trinajstić information content (AvgIpc) is 2.62. The second-order valence-electron chi connectivity index (χ2n) is 5.79. The molecule has 0 unspecified atom stereocenters. The maximum atomic E-state index is 12.2. The molecule has 1 aliphatic heterocycles. The summed E-state index contributed by atoms with van der Waals surface area (Å²) in [5.41, 5.74) is 1.43. The van der Waals surface area contributed by atoms with E-state index < -0.39 is 0 Å². The molecule has 0 aromatic heterocycles. The Morgan fingerprint density at radius 3 is 2.33 bits per heavy atom. The number of rotatable bonds is 7. The summed E-state index contributed by atoms with van der Waals surface area (Å²) in [4.78, 5) is 28.1. The lowest BCUT2D eigenvalue weighted by Gasteiger charge is -2.34. The lowest BCUT2D eigenvalue weighted by atomic mass is 10.2. The Balaban J connectivity index is 1.72. The van der Waals surface area contributed by atoms with Gasteiger partial charge in [-0.1, -0.05) is 6.92 Å². The molecule has 1 heterocycles. The molecule has 0 spiro atoms. The molecule has 0 radical (unpaired) electrons. The molecule has 1 saturated heterocycles. The maximum Gasteiger partial charge on any atom is 0.338 e. The molecule has 6 heteroatoms. The van der Waals surface area contributed by atoms with E-state index >= 15 is 0 Å². The van der Waals surface area contributed by atoms with Crippen LogP contribution in [0.15, 0.2) is 24.3 Å². The number of hydrogen-bond donors (Lipinski definition) is 1. The second-order valence-corrected chi connectivity index (χ2v) is 5.79. The Labute approximate surface area is 143 Å². The van der Waals surface area contributed by atoms with E-state index in [-0.39, 0.29) is 11.9 Å². The van der Waals surface area contributed by atoms with Gasteiger partial charge in [-0.2, -0.15) is 0 Å². The van der Waals surface area contributed by atoms with Crippen molar-refractivity contribution in [2.45, 2.75) is 20.3 Å². The van der Waals surface area contributed by atoms with E-state index in [1.54, 1.807) is 19.1 Å². The zero-order valence-corrected chi connectivity index (χ0v) is 14.6. The number of esters is 1. The van der Waals surface area contributed by atoms with Crippen molar-refractivity contribution in [2.75, 3.05) is 51.2 Å². The zero-order valence-electron chi connectivity index (χ0n) is 14.6. The fourth-order valence-electron chi connectivity index (χ4n) is 2.72. The third kappa shape index (κ3) is 5.23. The van der Waals surface area contributed by atoms with E-state index in [2.05, 4.69) is 17.1 Å². The van der Waals surface area contributed by atoms with Crippen molar-refractivity contribution >= 4 is 17.6 Å². The Hall–Kier alpha value is -2.08. The lowest BCUT2D eigenvalue weighted by molar-refractivity contribution is -0.132. The first-order valence-corrected chi connectivity index (χ1v) is 8.65. The number of anilines is 1. The number of nitrogens with one attached hydrogen (secondary N) is 1. The highest BCUT2D eigenvalue weighted by atomic mass is 16.5. The molecule has 1 amide bonds. The quantitative estimate of drug-likeness (QED) is 0.772. The fraction of sp³-hybridized carbons (Fsp3) is 0.556. The topological polar surface area (TPSA) is 61.9 Å². The normalized spacial score (nSPS) is 15.2. The summed E-state index contributed by atoms with van der Waals surface area (Å²) in [6.07, 6.45) is 0.478. The summed E-state index contributed by atoms with van der Waals surface area (Å²) in [7, 11) is 0. The number of ether oxygens (including phenoxy) is 1. The van der Waals surface area contributed by atoms with E-state index in [0.717, 1.165) is 38.4 Å². The monoisotopic (exact) mass is 333 g/mol. The first-order valence-electron chi connectivity index (χ1n) is 8.65. The van der Waals surface area contributed by atoms with Gasteiger partial charge in [0, 0.05) is 44.8 Å². The molecule has 0 atom stereocenters. The van der Waals surface area contributed by atoms with Crippen LogP contribution in [0.4, 0.5) is 5.69 Å². The number of carbonyl (C=O) groups excluding carboxylic acids is 2. The minimum absolute atomic E-state index is 0.196. The first-order chi connectivity index (χ1) is 11.6. The van der Waals surface area contributed by atoms with Crippen LogP contribution in [0.5, 0.6) is 0 Å². The molecule has 1 fully saturated rings. The van der Waals surface area contributed by atoms with Gasteiger partial charge in [-0.3, -0.25) is 4.79 Å². The van der Waals surface area contributed by atoms with E-state index in [0.29, 0.717) is 25.1 Å². The Morgan fingerprint density at radius 1 is 1.08 bits per heavy atom. The lowest BCUT2D eigenvalue weighted by Crippen LogP contribution is -2.48. The molecular formula is C18H27N3O3. The number of carbonyl (C=O) groups is 2. The number of nitrogens with zero attached hydrogens (tertiary/aromatic N) is 2. The highest BCUT2D eigenvalue weighted by Gasteiger charge is 2.19. The summed E-state index contributed by atoms with van der Waals surface area (Å²) in [5.74, 6) is -0.119. The van der Waals surface area contributed by atoms with Gasteiger partial charge in [0.15, 0.2) is 0 Å². The average molecular weight is 333 g/mol. The SMILES string of the molecule is CCOC(=O)c1ccc(NCCC(=O)N2CCN(CC)CC2)cc1. The van der Waals surface area contributed by atoms with Crippen LogP contribution in [0, 0.1) is 0 Å². The molecular weight excluding hydrogens is 306 g/mol. The van der Waals surface area contributed by atoms with Crippen LogP contribution < -0.4 is 5.32 Å². The Bertz CT molecular complexity index is 537. The van der Waals surface area contributed by atoms with Gasteiger partial charge in [-0.25, -0.2) is 4.79 Å². The van der Waals surface area contributed by atoms with Crippen molar-refractivity contribution < 1.29 is 14.3 Å². The van der Waals surface area contributed by atoms with Gasteiger partial charge in [-0.05, 0) is 37.7 Å². The number of amides is 1. The van der Waals surface area contributed by atoms with Crippen molar-refractivity contribution in [3.05, 3.63) is 29.8 Å². The summed E-state index contributed by atoms with van der Waals surface area (Å²) in [6.45, 7) is 9.50. The zero-order chi connectivity index (χ0) is 17.4. The predicted octanol–water partition coefficient (Wildman–Crippen LogP) is 1.83. The molecule has 24 heavy (non-hydrogen) atoms. The van der Waals surface area contributed by atoms with Crippen molar-refractivity contribution in [2.24, 2.45) is 0 Å². The van der Waals surface area contributed by atoms with Crippen molar-refractivity contribution in [3.8, 4) is 0 Å². The van der Waals surface area contributed by atoms with Crippen LogP contribution in [0.25, 0.3) is 0 Å². The van der Waals surface area contributed by atoms with Gasteiger partial charge < -0.3 is 19.9 Å². The Morgan fingerprint density at radius 2 is 1.75 bits per heavy atom. The largest absolute Gasteiger partial charge is 0.462 e. The summed E-state index contributed by atoms with van der Waals surface area (Å²) in [5, 5.41) is 3.22. The highest BCUT2D eigenvalue weighted by Crippen LogP contribution is 2.11. The van der Waals surface area contributed by atoms with Crippen LogP contribution in [0.2, 0.25) is 0 Å². The predicted molar refractivity (Wildman–Crippen MR) is 94.2 cm³/mol. The van der Waals surface area contributed by atoms with Crippen molar-refractivity contribution in [1.29, 1.82) is 0 Å². The molecule has 1 N–H and O–H groups in total. The maximum absolute atomic E-state index is 12.2. The number of piperazine rings is 1. The number of hydrogen-bond acceptors (Lipinski definition) is 5. The van der Waals surface area contributed by atoms with Gasteiger partial charge in [0.1, 0.15) is 0 Å². The number of likely N-dealkylation sites (N-methyl/N-ethyl adjacent to an activating group) is 1. The smallest absolute Gasteiger partial charge is 0.338 e. The summed E-state index contributed by atoms with van der Waals surface area (Å²) in [6, 6.07) is 7.12. The molecule has 0 bridgehead atoms. The second kappa shape index (κ2) is 9.27. The van der Waals surface area contributed by atoms with E-state index in [1.807, 2.05) is 17.0 Å². The minimum atomic E-state index is -0.314. The van der Waals surface area contributed by atoms with Crippen LogP contribution in [0.1, 0.15) is 30.6 Å². The molecule has 2 rings (SSSR count). The molecule has 1 aromatic rings. The number of benzene rings is 1. The van der Waals surface area contributed by atoms with E-state index in [4.69, 9.17) is 4.74 Å². The van der Waals surface area contributed by atoms with Gasteiger partial charge >= 0.3 is 5.97 Å². The highest BCUT2D eigenvalue weighted by molar-refractivity contribution is 5.89. The minimum Gasteiger partial charge on any atom is -0.462 e.